The highest BCUT2D eigenvalue weighted by molar-refractivity contribution is 5.14. The third-order valence-corrected chi connectivity index (χ3v) is 3.00. The van der Waals surface area contributed by atoms with Gasteiger partial charge in [-0.1, -0.05) is 42.5 Å². The van der Waals surface area contributed by atoms with Gasteiger partial charge in [0.25, 0.3) is 0 Å². The molecule has 14 heavy (non-hydrogen) atoms. The molecule has 74 valence electrons. The number of benzene rings is 1. The highest BCUT2D eigenvalue weighted by Crippen LogP contribution is 2.22. The van der Waals surface area contributed by atoms with Crippen LogP contribution in [0.4, 0.5) is 0 Å². The monoisotopic (exact) mass is 186 g/mol. The molecule has 0 bridgehead atoms. The van der Waals surface area contributed by atoms with Crippen LogP contribution >= 0.6 is 0 Å². The van der Waals surface area contributed by atoms with Gasteiger partial charge >= 0.3 is 0 Å². The van der Waals surface area contributed by atoms with Gasteiger partial charge in [-0.2, -0.15) is 0 Å². The van der Waals surface area contributed by atoms with Gasteiger partial charge in [0.15, 0.2) is 0 Å². The fourth-order valence-corrected chi connectivity index (χ4v) is 2.15. The molecule has 0 heteroatoms. The summed E-state index contributed by atoms with van der Waals surface area (Å²) in [7, 11) is 0. The minimum Gasteiger partial charge on any atom is -0.0882 e. The Morgan fingerprint density at radius 3 is 2.71 bits per heavy atom. The summed E-state index contributed by atoms with van der Waals surface area (Å²) < 4.78 is 0. The summed E-state index contributed by atoms with van der Waals surface area (Å²) in [5, 5.41) is 0. The molecule has 1 unspecified atom stereocenters. The molecule has 1 aromatic rings. The Bertz CT molecular complexity index is 284. The standard InChI is InChI=1S/C14H18/c1-2-7-13(8-3-1)11-6-12-14-9-4-5-10-14/h1-4,7-9,14H,5-6,10-12H2. The third-order valence-electron chi connectivity index (χ3n) is 3.00. The van der Waals surface area contributed by atoms with Crippen LogP contribution in [-0.2, 0) is 6.42 Å². The van der Waals surface area contributed by atoms with Crippen LogP contribution in [0.25, 0.3) is 0 Å². The molecule has 0 aliphatic heterocycles. The molecule has 0 saturated carbocycles. The van der Waals surface area contributed by atoms with Crippen LogP contribution in [0.3, 0.4) is 0 Å². The Kier molecular flexibility index (Phi) is 3.39. The van der Waals surface area contributed by atoms with E-state index in [2.05, 4.69) is 42.5 Å². The maximum Gasteiger partial charge on any atom is -0.0230 e. The van der Waals surface area contributed by atoms with E-state index in [1.807, 2.05) is 0 Å². The Labute approximate surface area is 86.7 Å². The van der Waals surface area contributed by atoms with Gasteiger partial charge in [-0.25, -0.2) is 0 Å². The average Bonchev–Trinajstić information content (AvgIpc) is 2.72. The van der Waals surface area contributed by atoms with Gasteiger partial charge in [0.1, 0.15) is 0 Å². The third kappa shape index (κ3) is 2.73. The Hall–Kier alpha value is -1.04. The summed E-state index contributed by atoms with van der Waals surface area (Å²) in [4.78, 5) is 0. The van der Waals surface area contributed by atoms with Crippen LogP contribution in [0.15, 0.2) is 42.5 Å². The molecule has 2 rings (SSSR count). The lowest BCUT2D eigenvalue weighted by Crippen LogP contribution is -1.93. The minimum atomic E-state index is 0.874. The smallest absolute Gasteiger partial charge is 0.0230 e. The molecule has 1 atom stereocenters. The number of aryl methyl sites for hydroxylation is 1. The SMILES string of the molecule is C1=CC(CCCc2ccccc2)CC1. The summed E-state index contributed by atoms with van der Waals surface area (Å²) in [5.74, 6) is 0.874. The van der Waals surface area contributed by atoms with E-state index in [1.54, 1.807) is 0 Å². The summed E-state index contributed by atoms with van der Waals surface area (Å²) in [6.07, 6.45) is 11.3. The van der Waals surface area contributed by atoms with Gasteiger partial charge in [0.05, 0.1) is 0 Å². The van der Waals surface area contributed by atoms with Gasteiger partial charge in [0.2, 0.25) is 0 Å². The second kappa shape index (κ2) is 4.99. The van der Waals surface area contributed by atoms with E-state index in [-0.39, 0.29) is 0 Å². The van der Waals surface area contributed by atoms with E-state index < -0.39 is 0 Å². The summed E-state index contributed by atoms with van der Waals surface area (Å²) in [5.41, 5.74) is 1.48. The van der Waals surface area contributed by atoms with Crippen molar-refractivity contribution in [3.8, 4) is 0 Å². The van der Waals surface area contributed by atoms with Crippen LogP contribution in [0.1, 0.15) is 31.2 Å². The van der Waals surface area contributed by atoms with Gasteiger partial charge in [-0.05, 0) is 43.6 Å². The molecule has 0 saturated heterocycles. The van der Waals surface area contributed by atoms with Crippen LogP contribution in [0.2, 0.25) is 0 Å². The predicted molar refractivity (Wildman–Crippen MR) is 61.2 cm³/mol. The topological polar surface area (TPSA) is 0 Å². The molecule has 0 N–H and O–H groups in total. The van der Waals surface area contributed by atoms with E-state index in [1.165, 1.54) is 37.7 Å². The first-order valence-electron chi connectivity index (χ1n) is 5.66. The van der Waals surface area contributed by atoms with E-state index in [0.29, 0.717) is 0 Å². The number of hydrogen-bond acceptors (Lipinski definition) is 0. The van der Waals surface area contributed by atoms with Crippen molar-refractivity contribution in [2.45, 2.75) is 32.1 Å². The van der Waals surface area contributed by atoms with Crippen LogP contribution < -0.4 is 0 Å². The fourth-order valence-electron chi connectivity index (χ4n) is 2.15. The molecular weight excluding hydrogens is 168 g/mol. The Morgan fingerprint density at radius 1 is 1.14 bits per heavy atom. The first-order chi connectivity index (χ1) is 6.95. The average molecular weight is 186 g/mol. The molecule has 0 fully saturated rings. The van der Waals surface area contributed by atoms with E-state index >= 15 is 0 Å². The van der Waals surface area contributed by atoms with Crippen molar-refractivity contribution in [3.05, 3.63) is 48.0 Å². The summed E-state index contributed by atoms with van der Waals surface area (Å²) in [6.45, 7) is 0. The highest BCUT2D eigenvalue weighted by Gasteiger charge is 2.07. The molecular formula is C14H18. The van der Waals surface area contributed by atoms with Crippen LogP contribution in [0.5, 0.6) is 0 Å². The zero-order chi connectivity index (χ0) is 9.64. The second-order valence-corrected chi connectivity index (χ2v) is 4.14. The molecule has 1 aliphatic rings. The largest absolute Gasteiger partial charge is 0.0882 e. The lowest BCUT2D eigenvalue weighted by atomic mass is 9.99. The van der Waals surface area contributed by atoms with Crippen molar-refractivity contribution < 1.29 is 0 Å². The van der Waals surface area contributed by atoms with Crippen molar-refractivity contribution in [1.29, 1.82) is 0 Å². The van der Waals surface area contributed by atoms with E-state index in [0.717, 1.165) is 5.92 Å². The maximum absolute atomic E-state index is 2.39. The molecule has 1 aliphatic carbocycles. The molecule has 1 aromatic carbocycles. The van der Waals surface area contributed by atoms with Crippen molar-refractivity contribution in [3.63, 3.8) is 0 Å². The number of hydrogen-bond donors (Lipinski definition) is 0. The zero-order valence-corrected chi connectivity index (χ0v) is 8.65. The Morgan fingerprint density at radius 2 is 2.00 bits per heavy atom. The lowest BCUT2D eigenvalue weighted by molar-refractivity contribution is 0.551. The minimum absolute atomic E-state index is 0.874. The normalized spacial score (nSPS) is 20.1. The molecule has 0 nitrogen and oxygen atoms in total. The fraction of sp³-hybridized carbons (Fsp3) is 0.429. The van der Waals surface area contributed by atoms with Crippen LogP contribution in [-0.4, -0.2) is 0 Å². The molecule has 0 amide bonds. The van der Waals surface area contributed by atoms with E-state index in [9.17, 15) is 0 Å². The molecule has 0 aromatic heterocycles. The van der Waals surface area contributed by atoms with Gasteiger partial charge in [-0.15, -0.1) is 0 Å². The molecule has 0 spiro atoms. The zero-order valence-electron chi connectivity index (χ0n) is 8.65. The quantitative estimate of drug-likeness (QED) is 0.624. The highest BCUT2D eigenvalue weighted by atomic mass is 14.1. The van der Waals surface area contributed by atoms with Gasteiger partial charge < -0.3 is 0 Å². The molecule has 0 radical (unpaired) electrons. The van der Waals surface area contributed by atoms with Crippen LogP contribution in [0, 0.1) is 5.92 Å². The summed E-state index contributed by atoms with van der Waals surface area (Å²) >= 11 is 0. The maximum atomic E-state index is 2.39. The summed E-state index contributed by atoms with van der Waals surface area (Å²) in [6, 6.07) is 10.8. The van der Waals surface area contributed by atoms with Gasteiger partial charge in [0, 0.05) is 0 Å². The number of rotatable bonds is 4. The predicted octanol–water partition coefficient (Wildman–Crippen LogP) is 3.98. The van der Waals surface area contributed by atoms with Crippen molar-refractivity contribution in [1.82, 2.24) is 0 Å². The first kappa shape index (κ1) is 9.51. The van der Waals surface area contributed by atoms with Crippen molar-refractivity contribution in [2.75, 3.05) is 0 Å². The van der Waals surface area contributed by atoms with E-state index in [4.69, 9.17) is 0 Å². The second-order valence-electron chi connectivity index (χ2n) is 4.14. The van der Waals surface area contributed by atoms with Crippen molar-refractivity contribution in [2.24, 2.45) is 5.92 Å². The first-order valence-corrected chi connectivity index (χ1v) is 5.66. The van der Waals surface area contributed by atoms with Crippen molar-refractivity contribution >= 4 is 0 Å². The van der Waals surface area contributed by atoms with Gasteiger partial charge in [-0.3, -0.25) is 0 Å². The Balaban J connectivity index is 1.70. The molecule has 0 heterocycles. The number of allylic oxidation sites excluding steroid dienone is 2. The lowest BCUT2D eigenvalue weighted by Gasteiger charge is -2.06.